The summed E-state index contributed by atoms with van der Waals surface area (Å²) in [6, 6.07) is 3.94. The number of carbonyl (C=O) groups is 7. The summed E-state index contributed by atoms with van der Waals surface area (Å²) in [7, 11) is 0. The van der Waals surface area contributed by atoms with Gasteiger partial charge in [-0.15, -0.1) is 0 Å². The van der Waals surface area contributed by atoms with Crippen LogP contribution in [0.1, 0.15) is 111 Å². The summed E-state index contributed by atoms with van der Waals surface area (Å²) < 4.78 is 11.6. The van der Waals surface area contributed by atoms with Crippen molar-refractivity contribution < 1.29 is 43.0 Å². The fourth-order valence-corrected chi connectivity index (χ4v) is 6.84. The van der Waals surface area contributed by atoms with Crippen molar-refractivity contribution in [3.8, 4) is 0 Å². The van der Waals surface area contributed by atoms with Gasteiger partial charge in [-0.25, -0.2) is 4.79 Å². The molecule has 0 aromatic heterocycles. The Hall–Kier alpha value is -4.53. The molecule has 1 saturated heterocycles. The van der Waals surface area contributed by atoms with Crippen LogP contribution in [0, 0.1) is 11.8 Å². The van der Waals surface area contributed by atoms with Crippen LogP contribution in [0.15, 0.2) is 30.3 Å². The number of nitrogens with one attached hydrogen (secondary N) is 4. The van der Waals surface area contributed by atoms with E-state index in [2.05, 4.69) is 21.3 Å². The van der Waals surface area contributed by atoms with Gasteiger partial charge in [-0.05, 0) is 57.4 Å². The Morgan fingerprint density at radius 1 is 0.944 bits per heavy atom. The van der Waals surface area contributed by atoms with E-state index in [9.17, 15) is 33.6 Å². The van der Waals surface area contributed by atoms with Crippen molar-refractivity contribution in [2.75, 3.05) is 19.7 Å². The molecule has 0 bridgehead atoms. The molecule has 5 atom stereocenters. The predicted molar refractivity (Wildman–Crippen MR) is 200 cm³/mol. The third-order valence-electron chi connectivity index (χ3n) is 9.41. The van der Waals surface area contributed by atoms with Crippen molar-refractivity contribution in [2.45, 2.75) is 135 Å². The number of amides is 6. The zero-order valence-electron chi connectivity index (χ0n) is 32.6. The van der Waals surface area contributed by atoms with E-state index in [1.165, 1.54) is 4.90 Å². The summed E-state index contributed by atoms with van der Waals surface area (Å²) in [5.41, 5.74) is 5.34. The molecule has 3 rings (SSSR count). The number of hydrogen-bond donors (Lipinski definition) is 5. The molecule has 15 heteroatoms. The molecule has 2 aliphatic rings. The normalized spacial score (nSPS) is 19.3. The van der Waals surface area contributed by atoms with Crippen molar-refractivity contribution in [2.24, 2.45) is 17.6 Å². The Bertz CT molecular complexity index is 1460. The summed E-state index contributed by atoms with van der Waals surface area (Å²) >= 11 is 0. The Balaban J connectivity index is 1.78. The van der Waals surface area contributed by atoms with Gasteiger partial charge >= 0.3 is 6.09 Å². The lowest BCUT2D eigenvalue weighted by molar-refractivity contribution is -0.143. The molecular weight excluding hydrogens is 696 g/mol. The third kappa shape index (κ3) is 13.7. The Labute approximate surface area is 318 Å². The number of alkyl carbamates (subject to hydrolysis) is 1. The van der Waals surface area contributed by atoms with Crippen LogP contribution >= 0.6 is 0 Å². The minimum Gasteiger partial charge on any atom is -0.449 e. The van der Waals surface area contributed by atoms with Crippen molar-refractivity contribution in [3.05, 3.63) is 35.9 Å². The van der Waals surface area contributed by atoms with Gasteiger partial charge < -0.3 is 41.4 Å². The second-order valence-corrected chi connectivity index (χ2v) is 15.7. The minimum absolute atomic E-state index is 0.0819. The van der Waals surface area contributed by atoms with E-state index in [0.29, 0.717) is 18.4 Å². The number of likely N-dealkylation sites (tertiary alicyclic amines) is 1. The minimum atomic E-state index is -1.25. The predicted octanol–water partition coefficient (Wildman–Crippen LogP) is 2.81. The topological polar surface area (TPSA) is 215 Å². The van der Waals surface area contributed by atoms with Gasteiger partial charge in [0.15, 0.2) is 0 Å². The van der Waals surface area contributed by atoms with E-state index in [4.69, 9.17) is 15.2 Å². The molecular formula is C39H60N6O9. The van der Waals surface area contributed by atoms with Gasteiger partial charge in [0.05, 0.1) is 30.9 Å². The average molecular weight is 757 g/mol. The van der Waals surface area contributed by atoms with E-state index in [1.807, 2.05) is 41.5 Å². The largest absolute Gasteiger partial charge is 0.449 e. The van der Waals surface area contributed by atoms with Gasteiger partial charge in [0.25, 0.3) is 5.91 Å². The van der Waals surface area contributed by atoms with Gasteiger partial charge in [0.2, 0.25) is 29.4 Å². The second-order valence-electron chi connectivity index (χ2n) is 15.7. The Morgan fingerprint density at radius 3 is 2.20 bits per heavy atom. The number of Topliss-reactive ketones (excluding diaryl/α,β-unsaturated/α-hetero) is 1. The Morgan fingerprint density at radius 2 is 1.61 bits per heavy atom. The summed E-state index contributed by atoms with van der Waals surface area (Å²) in [5, 5.41) is 10.3. The number of unbranched alkanes of at least 4 members (excludes halogenated alkanes) is 1. The van der Waals surface area contributed by atoms with Crippen molar-refractivity contribution >= 4 is 41.4 Å². The van der Waals surface area contributed by atoms with E-state index in [0.717, 1.165) is 32.1 Å². The van der Waals surface area contributed by atoms with Gasteiger partial charge in [0, 0.05) is 13.0 Å². The molecule has 15 nitrogen and oxygen atoms in total. The molecule has 0 spiro atoms. The number of primary amides is 1. The molecule has 6 amide bonds. The number of nitrogens with zero attached hydrogens (tertiary/aromatic N) is 1. The maximum absolute atomic E-state index is 14.4. The smallest absolute Gasteiger partial charge is 0.407 e. The lowest BCUT2D eigenvalue weighted by Crippen LogP contribution is -2.58. The highest BCUT2D eigenvalue weighted by molar-refractivity contribution is 6.38. The molecule has 1 heterocycles. The highest BCUT2D eigenvalue weighted by atomic mass is 16.5. The van der Waals surface area contributed by atoms with Crippen molar-refractivity contribution in [1.82, 2.24) is 26.2 Å². The molecule has 1 aliphatic heterocycles. The summed E-state index contributed by atoms with van der Waals surface area (Å²) in [4.78, 5) is 94.1. The first-order valence-corrected chi connectivity index (χ1v) is 19.2. The van der Waals surface area contributed by atoms with Gasteiger partial charge in [-0.1, -0.05) is 83.2 Å². The maximum Gasteiger partial charge on any atom is 0.407 e. The van der Waals surface area contributed by atoms with E-state index in [1.54, 1.807) is 30.3 Å². The SMILES string of the molecule is CCCCC(NC(=O)[C@@H]1C[C@@H](OC(C)(C)C)CN1C(=O)[C@@H](NC(=O)OCC(C)C)C1CCCCC1)C(=O)C(=O)NCC(=O)NC(C(N)=O)c1ccccc1. The summed E-state index contributed by atoms with van der Waals surface area (Å²) in [6.45, 7) is 11.0. The number of hydrogen-bond acceptors (Lipinski definition) is 9. The highest BCUT2D eigenvalue weighted by Gasteiger charge is 2.46. The van der Waals surface area contributed by atoms with Gasteiger partial charge in [0.1, 0.15) is 18.1 Å². The molecule has 54 heavy (non-hydrogen) atoms. The first-order valence-electron chi connectivity index (χ1n) is 19.2. The molecule has 1 aliphatic carbocycles. The maximum atomic E-state index is 14.4. The first-order chi connectivity index (χ1) is 25.5. The summed E-state index contributed by atoms with van der Waals surface area (Å²) in [5.74, 6) is -4.76. The standard InChI is InChI=1S/C39H60N6O9/c1-7-8-19-28(33(47)36(50)41-21-30(46)43-31(34(40)48)25-15-11-9-12-16-25)42-35(49)29-20-27(54-39(4,5)6)22-45(29)37(51)32(26-17-13-10-14-18-26)44-38(52)53-23-24(2)3/h9,11-12,15-16,24,26-29,31-32H,7-8,10,13-14,17-23H2,1-6H3,(H2,40,48)(H,41,50)(H,42,49)(H,43,46)(H,44,52)/t27-,28?,29+,31?,32+/m1/s1. The fourth-order valence-electron chi connectivity index (χ4n) is 6.84. The van der Waals surface area contributed by atoms with Crippen molar-refractivity contribution in [1.29, 1.82) is 0 Å². The molecule has 6 N–H and O–H groups in total. The summed E-state index contributed by atoms with van der Waals surface area (Å²) in [6.07, 6.45) is 4.49. The lowest BCUT2D eigenvalue weighted by atomic mass is 9.83. The molecule has 1 aromatic rings. The molecule has 2 unspecified atom stereocenters. The van der Waals surface area contributed by atoms with Gasteiger partial charge in [-0.3, -0.25) is 28.8 Å². The molecule has 0 radical (unpaired) electrons. The van der Waals surface area contributed by atoms with E-state index in [-0.39, 0.29) is 37.8 Å². The number of carbonyl (C=O) groups excluding carboxylic acids is 7. The van der Waals surface area contributed by atoms with Crippen LogP contribution < -0.4 is 27.0 Å². The number of nitrogens with two attached hydrogens (primary N) is 1. The fraction of sp³-hybridized carbons (Fsp3) is 0.667. The number of ether oxygens (including phenoxy) is 2. The lowest BCUT2D eigenvalue weighted by Gasteiger charge is -2.34. The van der Waals surface area contributed by atoms with Crippen LogP contribution in [0.2, 0.25) is 0 Å². The van der Waals surface area contributed by atoms with Crippen LogP contribution in [0.5, 0.6) is 0 Å². The quantitative estimate of drug-likeness (QED) is 0.139. The molecule has 2 fully saturated rings. The van der Waals surface area contributed by atoms with Gasteiger partial charge in [-0.2, -0.15) is 0 Å². The molecule has 1 saturated carbocycles. The first kappa shape index (κ1) is 43.9. The van der Waals surface area contributed by atoms with E-state index < -0.39 is 83.8 Å². The molecule has 1 aromatic carbocycles. The average Bonchev–Trinajstić information content (AvgIpc) is 3.55. The highest BCUT2D eigenvalue weighted by Crippen LogP contribution is 2.31. The number of ketones is 1. The van der Waals surface area contributed by atoms with Crippen LogP contribution in [0.3, 0.4) is 0 Å². The molecule has 300 valence electrons. The van der Waals surface area contributed by atoms with E-state index >= 15 is 0 Å². The van der Waals surface area contributed by atoms with Crippen molar-refractivity contribution in [3.63, 3.8) is 0 Å². The zero-order valence-corrected chi connectivity index (χ0v) is 32.6. The third-order valence-corrected chi connectivity index (χ3v) is 9.41. The second kappa shape index (κ2) is 20.8. The monoisotopic (exact) mass is 756 g/mol. The number of rotatable bonds is 18. The number of benzene rings is 1. The Kier molecular flexibility index (Phi) is 16.9. The van der Waals surface area contributed by atoms with Crippen LogP contribution in [0.4, 0.5) is 4.79 Å². The van der Waals surface area contributed by atoms with Crippen LogP contribution in [-0.4, -0.2) is 95.8 Å². The van der Waals surface area contributed by atoms with Crippen LogP contribution in [-0.2, 0) is 38.2 Å². The zero-order chi connectivity index (χ0) is 40.0. The van der Waals surface area contributed by atoms with Crippen LogP contribution in [0.25, 0.3) is 0 Å².